The number of halogens is 1. The van der Waals surface area contributed by atoms with Crippen molar-refractivity contribution in [3.63, 3.8) is 0 Å². The first-order chi connectivity index (χ1) is 13.6. The lowest BCUT2D eigenvalue weighted by Crippen LogP contribution is -2.28. The molecule has 1 aromatic heterocycles. The Labute approximate surface area is 166 Å². The smallest absolute Gasteiger partial charge is 0.258 e. The molecule has 0 radical (unpaired) electrons. The molecule has 0 unspecified atom stereocenters. The molecule has 3 rings (SSSR count). The Morgan fingerprint density at radius 3 is 2.57 bits per heavy atom. The number of methoxy groups -OCH3 is 2. The van der Waals surface area contributed by atoms with Crippen LogP contribution in [0.4, 0.5) is 0 Å². The van der Waals surface area contributed by atoms with Crippen LogP contribution in [0.2, 0.25) is 5.02 Å². The number of amides is 1. The van der Waals surface area contributed by atoms with Crippen molar-refractivity contribution in [1.29, 1.82) is 0 Å². The fourth-order valence-corrected chi connectivity index (χ4v) is 2.45. The maximum atomic E-state index is 11.9. The Kier molecular flexibility index (Phi) is 6.33. The van der Waals surface area contributed by atoms with E-state index in [0.717, 1.165) is 0 Å². The van der Waals surface area contributed by atoms with E-state index >= 15 is 0 Å². The summed E-state index contributed by atoms with van der Waals surface area (Å²) < 4.78 is 21.1. The van der Waals surface area contributed by atoms with Crippen molar-refractivity contribution < 1.29 is 23.5 Å². The molecule has 0 saturated heterocycles. The van der Waals surface area contributed by atoms with Gasteiger partial charge < -0.3 is 24.1 Å². The summed E-state index contributed by atoms with van der Waals surface area (Å²) in [6.45, 7) is -0.0663. The normalized spacial score (nSPS) is 10.4. The van der Waals surface area contributed by atoms with E-state index in [4.69, 9.17) is 30.3 Å². The van der Waals surface area contributed by atoms with Gasteiger partial charge in [0, 0.05) is 11.1 Å². The number of benzene rings is 2. The zero-order valence-electron chi connectivity index (χ0n) is 15.3. The number of nitrogens with one attached hydrogen (secondary N) is 1. The molecule has 28 heavy (non-hydrogen) atoms. The number of aromatic nitrogens is 2. The molecule has 1 heterocycles. The zero-order valence-corrected chi connectivity index (χ0v) is 16.0. The van der Waals surface area contributed by atoms with Crippen LogP contribution in [-0.2, 0) is 11.3 Å². The molecule has 0 spiro atoms. The first kappa shape index (κ1) is 19.5. The fraction of sp³-hybridized carbons (Fsp3) is 0.211. The lowest BCUT2D eigenvalue weighted by Gasteiger charge is -2.07. The van der Waals surface area contributed by atoms with Crippen LogP contribution in [0.5, 0.6) is 17.2 Å². The van der Waals surface area contributed by atoms with E-state index in [2.05, 4.69) is 15.5 Å². The van der Waals surface area contributed by atoms with E-state index in [-0.39, 0.29) is 24.9 Å². The summed E-state index contributed by atoms with van der Waals surface area (Å²) in [7, 11) is 3.11. The van der Waals surface area contributed by atoms with E-state index < -0.39 is 0 Å². The van der Waals surface area contributed by atoms with E-state index in [1.807, 2.05) is 0 Å². The molecular formula is C19H18ClN3O5. The molecule has 1 N–H and O–H groups in total. The largest absolute Gasteiger partial charge is 0.497 e. The SMILES string of the molecule is COc1ccc(-c2noc(CNC(=O)COc3ccc(Cl)cc3)n2)c(OC)c1. The van der Waals surface area contributed by atoms with E-state index in [9.17, 15) is 4.79 Å². The predicted molar refractivity (Wildman–Crippen MR) is 102 cm³/mol. The molecular weight excluding hydrogens is 386 g/mol. The number of carbonyl (C=O) groups excluding carboxylic acids is 1. The molecule has 0 aliphatic carbocycles. The minimum Gasteiger partial charge on any atom is -0.497 e. The van der Waals surface area contributed by atoms with E-state index in [1.54, 1.807) is 56.7 Å². The molecule has 0 fully saturated rings. The van der Waals surface area contributed by atoms with Gasteiger partial charge in [-0.05, 0) is 36.4 Å². The molecule has 146 valence electrons. The maximum Gasteiger partial charge on any atom is 0.258 e. The minimum atomic E-state index is -0.322. The molecule has 8 nitrogen and oxygen atoms in total. The highest BCUT2D eigenvalue weighted by Crippen LogP contribution is 2.31. The second kappa shape index (κ2) is 9.09. The summed E-state index contributed by atoms with van der Waals surface area (Å²) in [5.41, 5.74) is 0.649. The van der Waals surface area contributed by atoms with Crippen LogP contribution >= 0.6 is 11.6 Å². The van der Waals surface area contributed by atoms with E-state index in [0.29, 0.717) is 33.7 Å². The average molecular weight is 404 g/mol. The molecule has 0 atom stereocenters. The standard InChI is InChI=1S/C19H18ClN3O5/c1-25-14-7-8-15(16(9-14)26-2)19-22-18(28-23-19)10-21-17(24)11-27-13-5-3-12(20)4-6-13/h3-9H,10-11H2,1-2H3,(H,21,24). The van der Waals surface area contributed by atoms with Gasteiger partial charge in [0.05, 0.1) is 26.3 Å². The number of hydrogen-bond donors (Lipinski definition) is 1. The molecule has 3 aromatic rings. The van der Waals surface area contributed by atoms with Crippen molar-refractivity contribution in [2.75, 3.05) is 20.8 Å². The van der Waals surface area contributed by atoms with Crippen molar-refractivity contribution in [3.8, 4) is 28.6 Å². The Morgan fingerprint density at radius 1 is 1.11 bits per heavy atom. The van der Waals surface area contributed by atoms with Gasteiger partial charge >= 0.3 is 0 Å². The van der Waals surface area contributed by atoms with Gasteiger partial charge in [-0.3, -0.25) is 4.79 Å². The highest BCUT2D eigenvalue weighted by molar-refractivity contribution is 6.30. The quantitative estimate of drug-likeness (QED) is 0.617. The van der Waals surface area contributed by atoms with Gasteiger partial charge in [0.1, 0.15) is 17.2 Å². The summed E-state index contributed by atoms with van der Waals surface area (Å²) >= 11 is 5.80. The van der Waals surface area contributed by atoms with Crippen molar-refractivity contribution in [1.82, 2.24) is 15.5 Å². The first-order valence-electron chi connectivity index (χ1n) is 8.29. The Balaban J connectivity index is 1.56. The third-order valence-corrected chi connectivity index (χ3v) is 3.99. The maximum absolute atomic E-state index is 11.9. The minimum absolute atomic E-state index is 0.0777. The Morgan fingerprint density at radius 2 is 1.86 bits per heavy atom. The summed E-state index contributed by atoms with van der Waals surface area (Å²) in [4.78, 5) is 16.2. The molecule has 2 aromatic carbocycles. The van der Waals surface area contributed by atoms with Gasteiger partial charge in [-0.15, -0.1) is 0 Å². The lowest BCUT2D eigenvalue weighted by molar-refractivity contribution is -0.123. The third kappa shape index (κ3) is 4.92. The number of ether oxygens (including phenoxy) is 3. The molecule has 0 saturated carbocycles. The number of rotatable bonds is 8. The first-order valence-corrected chi connectivity index (χ1v) is 8.67. The summed E-state index contributed by atoms with van der Waals surface area (Å²) in [5.74, 6) is 2.03. The van der Waals surface area contributed by atoms with Gasteiger partial charge in [0.2, 0.25) is 11.7 Å². The third-order valence-electron chi connectivity index (χ3n) is 3.74. The zero-order chi connectivity index (χ0) is 19.9. The van der Waals surface area contributed by atoms with Gasteiger partial charge in [0.15, 0.2) is 6.61 Å². The fourth-order valence-electron chi connectivity index (χ4n) is 2.32. The van der Waals surface area contributed by atoms with Crippen LogP contribution in [0.1, 0.15) is 5.89 Å². The van der Waals surface area contributed by atoms with Crippen LogP contribution < -0.4 is 19.5 Å². The highest BCUT2D eigenvalue weighted by Gasteiger charge is 2.15. The molecule has 1 amide bonds. The van der Waals surface area contributed by atoms with Gasteiger partial charge in [-0.25, -0.2) is 0 Å². The topological polar surface area (TPSA) is 95.7 Å². The van der Waals surface area contributed by atoms with Gasteiger partial charge in [0.25, 0.3) is 5.91 Å². The highest BCUT2D eigenvalue weighted by atomic mass is 35.5. The molecule has 9 heteroatoms. The molecule has 0 bridgehead atoms. The summed E-state index contributed by atoms with van der Waals surface area (Å²) in [6, 6.07) is 12.0. The van der Waals surface area contributed by atoms with Crippen LogP contribution in [-0.4, -0.2) is 36.9 Å². The van der Waals surface area contributed by atoms with E-state index in [1.165, 1.54) is 0 Å². The van der Waals surface area contributed by atoms with Crippen molar-refractivity contribution >= 4 is 17.5 Å². The average Bonchev–Trinajstić information content (AvgIpc) is 3.20. The van der Waals surface area contributed by atoms with Gasteiger partial charge in [-0.1, -0.05) is 16.8 Å². The van der Waals surface area contributed by atoms with Crippen LogP contribution in [0.15, 0.2) is 47.0 Å². The van der Waals surface area contributed by atoms with Crippen molar-refractivity contribution in [3.05, 3.63) is 53.4 Å². The Bertz CT molecular complexity index is 943. The second-order valence-electron chi connectivity index (χ2n) is 5.60. The molecule has 0 aliphatic rings. The molecule has 0 aliphatic heterocycles. The predicted octanol–water partition coefficient (Wildman–Crippen LogP) is 3.10. The van der Waals surface area contributed by atoms with Gasteiger partial charge in [-0.2, -0.15) is 4.98 Å². The van der Waals surface area contributed by atoms with Crippen LogP contribution in [0.3, 0.4) is 0 Å². The van der Waals surface area contributed by atoms with Crippen molar-refractivity contribution in [2.24, 2.45) is 0 Å². The number of carbonyl (C=O) groups is 1. The van der Waals surface area contributed by atoms with Crippen LogP contribution in [0.25, 0.3) is 11.4 Å². The summed E-state index contributed by atoms with van der Waals surface area (Å²) in [6.07, 6.45) is 0. The second-order valence-corrected chi connectivity index (χ2v) is 6.03. The number of hydrogen-bond acceptors (Lipinski definition) is 7. The monoisotopic (exact) mass is 403 g/mol. The number of nitrogens with zero attached hydrogens (tertiary/aromatic N) is 2. The van der Waals surface area contributed by atoms with Crippen molar-refractivity contribution in [2.45, 2.75) is 6.54 Å². The Hall–Kier alpha value is -3.26. The van der Waals surface area contributed by atoms with Crippen LogP contribution in [0, 0.1) is 0 Å². The lowest BCUT2D eigenvalue weighted by atomic mass is 10.2. The summed E-state index contributed by atoms with van der Waals surface area (Å²) in [5, 5.41) is 7.18.